The first-order chi connectivity index (χ1) is 12.4. The Balaban J connectivity index is 1.77. The molecule has 138 valence electrons. The van der Waals surface area contributed by atoms with Gasteiger partial charge in [0.2, 0.25) is 17.7 Å². The van der Waals surface area contributed by atoms with Gasteiger partial charge >= 0.3 is 0 Å². The van der Waals surface area contributed by atoms with Crippen molar-refractivity contribution in [2.45, 2.75) is 24.9 Å². The van der Waals surface area contributed by atoms with Gasteiger partial charge in [0, 0.05) is 31.9 Å². The number of methoxy groups -OCH3 is 1. The van der Waals surface area contributed by atoms with Gasteiger partial charge in [0.25, 0.3) is 0 Å². The van der Waals surface area contributed by atoms with E-state index in [4.69, 9.17) is 16.3 Å². The van der Waals surface area contributed by atoms with Crippen molar-refractivity contribution in [1.29, 1.82) is 0 Å². The summed E-state index contributed by atoms with van der Waals surface area (Å²) in [7, 11) is 1.58. The molecule has 1 aromatic rings. The number of halogens is 1. The standard InChI is InChI=1S/C18H20ClN3O4/c1-9-12-13(16(24)22(15(12)23)7-4-8-26-2)18(21-9)10-5-3-6-11(19)14(10)20-17(18)25/h3,5-6,9,12-13,21H,4,7-8H2,1-2H3,(H,20,25)/t9-,12+,13+,18-/m0/s1. The fourth-order valence-electron chi connectivity index (χ4n) is 4.60. The van der Waals surface area contributed by atoms with Gasteiger partial charge in [-0.1, -0.05) is 23.7 Å². The highest BCUT2D eigenvalue weighted by molar-refractivity contribution is 6.35. The summed E-state index contributed by atoms with van der Waals surface area (Å²) in [5, 5.41) is 6.46. The minimum absolute atomic E-state index is 0.226. The molecule has 3 aliphatic rings. The van der Waals surface area contributed by atoms with E-state index in [2.05, 4.69) is 10.6 Å². The van der Waals surface area contributed by atoms with E-state index in [1.54, 1.807) is 25.3 Å². The summed E-state index contributed by atoms with van der Waals surface area (Å²) in [5.74, 6) is -2.21. The van der Waals surface area contributed by atoms with Crippen molar-refractivity contribution in [3.8, 4) is 0 Å². The predicted molar refractivity (Wildman–Crippen MR) is 94.6 cm³/mol. The summed E-state index contributed by atoms with van der Waals surface area (Å²) < 4.78 is 5.02. The van der Waals surface area contributed by atoms with Gasteiger partial charge in [-0.3, -0.25) is 24.6 Å². The number of amides is 3. The number of para-hydroxylation sites is 1. The minimum Gasteiger partial charge on any atom is -0.385 e. The van der Waals surface area contributed by atoms with Crippen LogP contribution in [0.1, 0.15) is 18.9 Å². The van der Waals surface area contributed by atoms with Gasteiger partial charge in [0.15, 0.2) is 0 Å². The molecule has 2 fully saturated rings. The number of hydrogen-bond acceptors (Lipinski definition) is 5. The van der Waals surface area contributed by atoms with Crippen molar-refractivity contribution in [3.63, 3.8) is 0 Å². The predicted octanol–water partition coefficient (Wildman–Crippen LogP) is 1.12. The molecule has 0 aromatic heterocycles. The molecular weight excluding hydrogens is 358 g/mol. The molecular formula is C18H20ClN3O4. The summed E-state index contributed by atoms with van der Waals surface area (Å²) in [5.41, 5.74) is -0.112. The largest absolute Gasteiger partial charge is 0.385 e. The van der Waals surface area contributed by atoms with Crippen molar-refractivity contribution in [3.05, 3.63) is 28.8 Å². The second-order valence-electron chi connectivity index (χ2n) is 7.04. The number of nitrogens with zero attached hydrogens (tertiary/aromatic N) is 1. The maximum atomic E-state index is 13.1. The molecule has 1 spiro atoms. The van der Waals surface area contributed by atoms with Gasteiger partial charge in [0.1, 0.15) is 5.54 Å². The van der Waals surface area contributed by atoms with Gasteiger partial charge in [0.05, 0.1) is 22.5 Å². The zero-order valence-corrected chi connectivity index (χ0v) is 15.3. The Morgan fingerprint density at radius 1 is 1.27 bits per heavy atom. The van der Waals surface area contributed by atoms with E-state index < -0.39 is 17.4 Å². The topological polar surface area (TPSA) is 87.7 Å². The first-order valence-corrected chi connectivity index (χ1v) is 9.03. The molecule has 2 saturated heterocycles. The SMILES string of the molecule is COCCCN1C(=O)[C@@H]2[C@H](C)N[C@]3(C(=O)Nc4c(Cl)cccc43)[C@H]2C1=O. The molecule has 3 heterocycles. The van der Waals surface area contributed by atoms with Crippen molar-refractivity contribution in [2.75, 3.05) is 25.6 Å². The molecule has 7 nitrogen and oxygen atoms in total. The number of imide groups is 1. The third-order valence-corrected chi connectivity index (χ3v) is 5.98. The normalized spacial score (nSPS) is 32.3. The molecule has 3 aliphatic heterocycles. The van der Waals surface area contributed by atoms with Gasteiger partial charge in [-0.15, -0.1) is 0 Å². The maximum Gasteiger partial charge on any atom is 0.250 e. The van der Waals surface area contributed by atoms with Crippen LogP contribution >= 0.6 is 11.6 Å². The van der Waals surface area contributed by atoms with Crippen molar-refractivity contribution < 1.29 is 19.1 Å². The van der Waals surface area contributed by atoms with Gasteiger partial charge in [-0.25, -0.2) is 0 Å². The number of fused-ring (bicyclic) bond motifs is 4. The summed E-state index contributed by atoms with van der Waals surface area (Å²) in [6, 6.07) is 4.92. The van der Waals surface area contributed by atoms with Crippen LogP contribution < -0.4 is 10.6 Å². The minimum atomic E-state index is -1.26. The Kier molecular flexibility index (Phi) is 4.06. The van der Waals surface area contributed by atoms with E-state index in [9.17, 15) is 14.4 Å². The number of rotatable bonds is 4. The molecule has 4 rings (SSSR count). The first kappa shape index (κ1) is 17.5. The summed E-state index contributed by atoms with van der Waals surface area (Å²) in [6.07, 6.45) is 0.566. The molecule has 0 saturated carbocycles. The number of nitrogens with one attached hydrogen (secondary N) is 2. The molecule has 3 amide bonds. The van der Waals surface area contributed by atoms with Crippen LogP contribution in [0.25, 0.3) is 0 Å². The third kappa shape index (κ3) is 2.11. The van der Waals surface area contributed by atoms with E-state index in [0.29, 0.717) is 35.8 Å². The monoisotopic (exact) mass is 377 g/mol. The third-order valence-electron chi connectivity index (χ3n) is 5.67. The Bertz CT molecular complexity index is 814. The van der Waals surface area contributed by atoms with Crippen LogP contribution in [-0.4, -0.2) is 48.9 Å². The highest BCUT2D eigenvalue weighted by atomic mass is 35.5. The van der Waals surface area contributed by atoms with Gasteiger partial charge < -0.3 is 10.1 Å². The fourth-order valence-corrected chi connectivity index (χ4v) is 4.82. The second-order valence-corrected chi connectivity index (χ2v) is 7.44. The Morgan fingerprint density at radius 2 is 2.04 bits per heavy atom. The van der Waals surface area contributed by atoms with Gasteiger partial charge in [-0.05, 0) is 19.4 Å². The number of anilines is 1. The number of ether oxygens (including phenoxy) is 1. The number of hydrogen-bond donors (Lipinski definition) is 2. The summed E-state index contributed by atoms with van der Waals surface area (Å²) in [6.45, 7) is 2.60. The Labute approximate surface area is 156 Å². The summed E-state index contributed by atoms with van der Waals surface area (Å²) in [4.78, 5) is 40.3. The quantitative estimate of drug-likeness (QED) is 0.606. The van der Waals surface area contributed by atoms with Crippen LogP contribution in [0, 0.1) is 11.8 Å². The van der Waals surface area contributed by atoms with Crippen LogP contribution in [0.5, 0.6) is 0 Å². The van der Waals surface area contributed by atoms with Crippen molar-refractivity contribution in [1.82, 2.24) is 10.2 Å². The lowest BCUT2D eigenvalue weighted by atomic mass is 9.76. The van der Waals surface area contributed by atoms with E-state index in [1.165, 1.54) is 4.90 Å². The van der Waals surface area contributed by atoms with E-state index in [0.717, 1.165) is 0 Å². The fraction of sp³-hybridized carbons (Fsp3) is 0.500. The Hall–Kier alpha value is -1.96. The number of carbonyl (C=O) groups is 3. The molecule has 2 N–H and O–H groups in total. The van der Waals surface area contributed by atoms with E-state index >= 15 is 0 Å². The molecule has 0 bridgehead atoms. The van der Waals surface area contributed by atoms with Crippen LogP contribution in [0.4, 0.5) is 5.69 Å². The average Bonchev–Trinajstić information content (AvgIpc) is 3.16. The lowest BCUT2D eigenvalue weighted by Crippen LogP contribution is -2.53. The first-order valence-electron chi connectivity index (χ1n) is 8.65. The lowest BCUT2D eigenvalue weighted by Gasteiger charge is -2.29. The lowest BCUT2D eigenvalue weighted by molar-refractivity contribution is -0.143. The highest BCUT2D eigenvalue weighted by Crippen LogP contribution is 2.53. The van der Waals surface area contributed by atoms with Gasteiger partial charge in [-0.2, -0.15) is 0 Å². The average molecular weight is 378 g/mol. The van der Waals surface area contributed by atoms with E-state index in [-0.39, 0.29) is 23.8 Å². The zero-order chi connectivity index (χ0) is 18.6. The Morgan fingerprint density at radius 3 is 2.77 bits per heavy atom. The molecule has 0 aliphatic carbocycles. The highest BCUT2D eigenvalue weighted by Gasteiger charge is 2.69. The van der Waals surface area contributed by atoms with Crippen LogP contribution in [0.2, 0.25) is 5.02 Å². The zero-order valence-electron chi connectivity index (χ0n) is 14.5. The second kappa shape index (κ2) is 6.04. The van der Waals surface area contributed by atoms with E-state index in [1.807, 2.05) is 6.92 Å². The molecule has 26 heavy (non-hydrogen) atoms. The molecule has 0 radical (unpaired) electrons. The molecule has 8 heteroatoms. The maximum absolute atomic E-state index is 13.1. The van der Waals surface area contributed by atoms with Crippen LogP contribution in [0.3, 0.4) is 0 Å². The van der Waals surface area contributed by atoms with Crippen molar-refractivity contribution in [2.24, 2.45) is 11.8 Å². The van der Waals surface area contributed by atoms with Crippen molar-refractivity contribution >= 4 is 35.0 Å². The number of benzene rings is 1. The smallest absolute Gasteiger partial charge is 0.250 e. The molecule has 1 aromatic carbocycles. The number of carbonyl (C=O) groups excluding carboxylic acids is 3. The molecule has 4 atom stereocenters. The number of likely N-dealkylation sites (tertiary alicyclic amines) is 1. The van der Waals surface area contributed by atoms with Crippen LogP contribution in [-0.2, 0) is 24.7 Å². The molecule has 0 unspecified atom stereocenters. The van der Waals surface area contributed by atoms with Crippen LogP contribution in [0.15, 0.2) is 18.2 Å². The summed E-state index contributed by atoms with van der Waals surface area (Å²) >= 11 is 6.24.